The van der Waals surface area contributed by atoms with E-state index in [9.17, 15) is 34.5 Å². The zero-order valence-electron chi connectivity index (χ0n) is 50.4. The van der Waals surface area contributed by atoms with Crippen molar-refractivity contribution in [3.8, 4) is 0 Å². The highest BCUT2D eigenvalue weighted by Gasteiger charge is 2.50. The van der Waals surface area contributed by atoms with Crippen LogP contribution in [0, 0.1) is 0 Å². The van der Waals surface area contributed by atoms with Crippen molar-refractivity contribution in [3.63, 3.8) is 0 Å². The van der Waals surface area contributed by atoms with Crippen LogP contribution in [0.3, 0.4) is 0 Å². The van der Waals surface area contributed by atoms with Gasteiger partial charge in [-0.15, -0.1) is 0 Å². The number of esters is 3. The molecule has 0 radical (unpaired) electrons. The summed E-state index contributed by atoms with van der Waals surface area (Å²) in [6.07, 6.45) is 56.1. The first-order valence-corrected chi connectivity index (χ1v) is 32.3. The summed E-state index contributed by atoms with van der Waals surface area (Å²) in [5.41, 5.74) is 0. The lowest BCUT2D eigenvalue weighted by Gasteiger charge is -2.40. The fourth-order valence-corrected chi connectivity index (χ4v) is 9.65. The highest BCUT2D eigenvalue weighted by Crippen LogP contribution is 2.27. The molecule has 1 aliphatic heterocycles. The predicted molar refractivity (Wildman–Crippen MR) is 322 cm³/mol. The number of aliphatic hydroxyl groups excluding tert-OH is 2. The van der Waals surface area contributed by atoms with E-state index >= 15 is 0 Å². The van der Waals surface area contributed by atoms with E-state index in [2.05, 4.69) is 81.5 Å². The van der Waals surface area contributed by atoms with E-state index in [1.165, 1.54) is 135 Å². The van der Waals surface area contributed by atoms with E-state index < -0.39 is 67.3 Å². The average Bonchev–Trinajstić information content (AvgIpc) is 3.46. The second kappa shape index (κ2) is 55.0. The van der Waals surface area contributed by atoms with Gasteiger partial charge in [0.15, 0.2) is 24.6 Å². The van der Waals surface area contributed by atoms with E-state index in [1.807, 2.05) is 0 Å². The van der Waals surface area contributed by atoms with Crippen LogP contribution in [0.15, 0.2) is 60.8 Å². The molecule has 456 valence electrons. The van der Waals surface area contributed by atoms with Gasteiger partial charge in [-0.3, -0.25) is 14.4 Å². The molecule has 0 aromatic heterocycles. The number of ether oxygens (including phenoxy) is 5. The minimum absolute atomic E-state index is 0.0600. The molecule has 79 heavy (non-hydrogen) atoms. The molecule has 12 nitrogen and oxygen atoms in total. The Morgan fingerprint density at radius 2 is 0.797 bits per heavy atom. The first-order chi connectivity index (χ1) is 38.6. The van der Waals surface area contributed by atoms with E-state index in [0.29, 0.717) is 19.3 Å². The number of carbonyl (C=O) groups excluding carboxylic acids is 3. The summed E-state index contributed by atoms with van der Waals surface area (Å²) in [6, 6.07) is 0. The zero-order valence-corrected chi connectivity index (χ0v) is 50.4. The van der Waals surface area contributed by atoms with Crippen LogP contribution in [0.5, 0.6) is 0 Å². The van der Waals surface area contributed by atoms with Gasteiger partial charge < -0.3 is 39.0 Å². The molecule has 0 spiro atoms. The first-order valence-electron chi connectivity index (χ1n) is 32.3. The number of hydrogen-bond donors (Lipinski definition) is 3. The number of carboxylic acid groups (broad SMARTS) is 1. The van der Waals surface area contributed by atoms with Gasteiger partial charge in [-0.05, 0) is 83.5 Å². The molecule has 6 unspecified atom stereocenters. The minimum atomic E-state index is -1.91. The third-order valence-electron chi connectivity index (χ3n) is 14.6. The van der Waals surface area contributed by atoms with Crippen molar-refractivity contribution in [1.82, 2.24) is 0 Å². The second-order valence-electron chi connectivity index (χ2n) is 22.0. The lowest BCUT2D eigenvalue weighted by Crippen LogP contribution is -2.61. The largest absolute Gasteiger partial charge is 0.479 e. The molecule has 6 atom stereocenters. The molecular weight excluding hydrogens is 997 g/mol. The molecule has 0 amide bonds. The van der Waals surface area contributed by atoms with E-state index in [-0.39, 0.29) is 25.9 Å². The molecule has 1 saturated heterocycles. The smallest absolute Gasteiger partial charge is 0.335 e. The predicted octanol–water partition coefficient (Wildman–Crippen LogP) is 17.1. The van der Waals surface area contributed by atoms with Gasteiger partial charge in [-0.25, -0.2) is 4.79 Å². The standard InChI is InChI=1S/C67H116O12/c1-4-7-10-13-16-19-22-25-27-29-30-32-33-36-38-41-44-47-50-53-59(68)75-56-58(77-60(69)54-51-48-45-42-40-37-34-31-28-26-23-20-17-14-11-8-5-2)57-76-67-65(63(72)62(71)64(79-67)66(73)74)78-61(70)55-52-49-46-43-39-35-24-21-18-15-12-9-6-3/h8,11,17,20,25-28,34,37,58,62-65,67,71-72H,4-7,9-10,12-16,18-19,21-24,29-33,35-36,38-57H2,1-3H3,(H,73,74)/b11-8-,20-17-,27-25-,28-26-,37-34-. The van der Waals surface area contributed by atoms with Gasteiger partial charge in [0.2, 0.25) is 0 Å². The van der Waals surface area contributed by atoms with Crippen LogP contribution in [0.25, 0.3) is 0 Å². The van der Waals surface area contributed by atoms with Crippen LogP contribution in [0.2, 0.25) is 0 Å². The van der Waals surface area contributed by atoms with Crippen LogP contribution < -0.4 is 0 Å². The Bertz CT molecular complexity index is 1600. The fraction of sp³-hybridized carbons (Fsp3) is 0.791. The average molecular weight is 1110 g/mol. The lowest BCUT2D eigenvalue weighted by atomic mass is 9.98. The Labute approximate surface area is 481 Å². The van der Waals surface area contributed by atoms with Gasteiger partial charge in [0, 0.05) is 19.3 Å². The number of aliphatic carboxylic acids is 1. The molecule has 0 aromatic rings. The minimum Gasteiger partial charge on any atom is -0.479 e. The van der Waals surface area contributed by atoms with E-state index in [0.717, 1.165) is 96.3 Å². The Balaban J connectivity index is 2.67. The van der Waals surface area contributed by atoms with E-state index in [4.69, 9.17) is 23.7 Å². The Morgan fingerprint density at radius 3 is 1.23 bits per heavy atom. The zero-order chi connectivity index (χ0) is 57.5. The lowest BCUT2D eigenvalue weighted by molar-refractivity contribution is -0.301. The number of aliphatic hydroxyl groups is 2. The van der Waals surface area contributed by atoms with Crippen molar-refractivity contribution in [2.45, 2.75) is 327 Å². The Kier molecular flexibility index (Phi) is 51.1. The van der Waals surface area contributed by atoms with Crippen LogP contribution in [-0.4, -0.2) is 89.2 Å². The van der Waals surface area contributed by atoms with Gasteiger partial charge >= 0.3 is 23.9 Å². The SMILES string of the molecule is CC/C=C\C/C=C\C/C=C\C/C=C\CCCCCCC(=O)OC(COC(=O)CCCCCCCCCCC/C=C\CCCCCCCC)COC1OC(C(=O)O)C(O)C(O)C1OC(=O)CCCCCCCCCCCCCCC. The van der Waals surface area contributed by atoms with Crippen LogP contribution in [0.4, 0.5) is 0 Å². The summed E-state index contributed by atoms with van der Waals surface area (Å²) in [5.74, 6) is -3.13. The number of rotatable bonds is 55. The van der Waals surface area contributed by atoms with Crippen molar-refractivity contribution in [2.24, 2.45) is 0 Å². The monoisotopic (exact) mass is 1110 g/mol. The number of unbranched alkanes of at least 4 members (excludes halogenated alkanes) is 31. The van der Waals surface area contributed by atoms with Crippen LogP contribution in [-0.2, 0) is 42.9 Å². The van der Waals surface area contributed by atoms with Crippen LogP contribution >= 0.6 is 0 Å². The molecule has 1 heterocycles. The molecule has 3 N–H and O–H groups in total. The quantitative estimate of drug-likeness (QED) is 0.0228. The highest BCUT2D eigenvalue weighted by molar-refractivity contribution is 5.74. The fourth-order valence-electron chi connectivity index (χ4n) is 9.65. The summed E-state index contributed by atoms with van der Waals surface area (Å²) in [6.45, 7) is 5.88. The van der Waals surface area contributed by atoms with Gasteiger partial charge in [-0.2, -0.15) is 0 Å². The van der Waals surface area contributed by atoms with Gasteiger partial charge in [-0.1, -0.05) is 248 Å². The number of hydrogen-bond acceptors (Lipinski definition) is 11. The molecule has 12 heteroatoms. The van der Waals surface area contributed by atoms with E-state index in [1.54, 1.807) is 0 Å². The molecule has 0 aliphatic carbocycles. The normalized spacial score (nSPS) is 18.2. The van der Waals surface area contributed by atoms with Gasteiger partial charge in [0.05, 0.1) is 6.61 Å². The maximum atomic E-state index is 13.2. The van der Waals surface area contributed by atoms with Crippen molar-refractivity contribution in [1.29, 1.82) is 0 Å². The number of carbonyl (C=O) groups is 4. The third kappa shape index (κ3) is 44.7. The molecule has 0 bridgehead atoms. The highest BCUT2D eigenvalue weighted by atomic mass is 16.7. The number of carboxylic acids is 1. The molecule has 0 saturated carbocycles. The summed E-state index contributed by atoms with van der Waals surface area (Å²) in [7, 11) is 0. The molecule has 1 rings (SSSR count). The maximum absolute atomic E-state index is 13.2. The van der Waals surface area contributed by atoms with Crippen LogP contribution in [0.1, 0.15) is 290 Å². The van der Waals surface area contributed by atoms with Crippen molar-refractivity contribution in [3.05, 3.63) is 60.8 Å². The van der Waals surface area contributed by atoms with Crippen molar-refractivity contribution >= 4 is 23.9 Å². The van der Waals surface area contributed by atoms with Gasteiger partial charge in [0.1, 0.15) is 18.8 Å². The molecule has 1 fully saturated rings. The summed E-state index contributed by atoms with van der Waals surface area (Å²) in [4.78, 5) is 51.3. The maximum Gasteiger partial charge on any atom is 0.335 e. The molecule has 1 aliphatic rings. The first kappa shape index (κ1) is 73.4. The summed E-state index contributed by atoms with van der Waals surface area (Å²) >= 11 is 0. The summed E-state index contributed by atoms with van der Waals surface area (Å²) < 4.78 is 28.5. The topological polar surface area (TPSA) is 175 Å². The summed E-state index contributed by atoms with van der Waals surface area (Å²) in [5, 5.41) is 31.5. The Morgan fingerprint density at radius 1 is 0.430 bits per heavy atom. The van der Waals surface area contributed by atoms with Crippen molar-refractivity contribution in [2.75, 3.05) is 13.2 Å². The second-order valence-corrected chi connectivity index (χ2v) is 22.0. The Hall–Kier alpha value is -3.58. The molecular formula is C67H116O12. The third-order valence-corrected chi connectivity index (χ3v) is 14.6. The van der Waals surface area contributed by atoms with Crippen molar-refractivity contribution < 1.29 is 58.2 Å². The molecule has 0 aromatic carbocycles. The number of allylic oxidation sites excluding steroid dienone is 10. The van der Waals surface area contributed by atoms with Gasteiger partial charge in [0.25, 0.3) is 0 Å².